The lowest BCUT2D eigenvalue weighted by Gasteiger charge is -2.08. The Kier molecular flexibility index (Phi) is 3.58. The summed E-state index contributed by atoms with van der Waals surface area (Å²) in [4.78, 5) is 0. The van der Waals surface area contributed by atoms with Gasteiger partial charge in [0.1, 0.15) is 0 Å². The molecule has 0 aliphatic rings. The molecule has 0 saturated carbocycles. The quantitative estimate of drug-likeness (QED) is 0.754. The summed E-state index contributed by atoms with van der Waals surface area (Å²) in [5, 5.41) is 12.5. The standard InChI is InChI=1S/C15H14ClN5/c1-2-10-4-3-5-12(8-10)21-15(18-19-20-21)13-7-6-11(16)9-14(13)17/h3-9H,2,17H2,1H3. The first-order chi connectivity index (χ1) is 10.2. The predicted octanol–water partition coefficient (Wildman–Crippen LogP) is 3.13. The summed E-state index contributed by atoms with van der Waals surface area (Å²) in [6.45, 7) is 2.11. The van der Waals surface area contributed by atoms with Crippen LogP contribution in [0.15, 0.2) is 42.5 Å². The summed E-state index contributed by atoms with van der Waals surface area (Å²) in [5.41, 5.74) is 9.45. The second kappa shape index (κ2) is 5.54. The van der Waals surface area contributed by atoms with Crippen LogP contribution in [0.5, 0.6) is 0 Å². The number of nitrogens with zero attached hydrogens (tertiary/aromatic N) is 4. The Bertz CT molecular complexity index is 781. The van der Waals surface area contributed by atoms with E-state index in [-0.39, 0.29) is 0 Å². The molecule has 0 fully saturated rings. The van der Waals surface area contributed by atoms with Crippen molar-refractivity contribution in [2.45, 2.75) is 13.3 Å². The smallest absolute Gasteiger partial charge is 0.189 e. The van der Waals surface area contributed by atoms with Crippen molar-refractivity contribution >= 4 is 17.3 Å². The maximum absolute atomic E-state index is 6.02. The van der Waals surface area contributed by atoms with Crippen LogP contribution < -0.4 is 5.73 Å². The number of anilines is 1. The first kappa shape index (κ1) is 13.6. The molecule has 0 aliphatic carbocycles. The number of aromatic nitrogens is 4. The molecule has 0 unspecified atom stereocenters. The highest BCUT2D eigenvalue weighted by Gasteiger charge is 2.13. The van der Waals surface area contributed by atoms with Gasteiger partial charge >= 0.3 is 0 Å². The van der Waals surface area contributed by atoms with E-state index in [4.69, 9.17) is 17.3 Å². The Morgan fingerprint density at radius 3 is 2.81 bits per heavy atom. The van der Waals surface area contributed by atoms with Gasteiger partial charge in [0, 0.05) is 16.3 Å². The molecule has 6 heteroatoms. The summed E-state index contributed by atoms with van der Waals surface area (Å²) in [5.74, 6) is 0.595. The van der Waals surface area contributed by atoms with Crippen LogP contribution >= 0.6 is 11.6 Å². The second-order valence-electron chi connectivity index (χ2n) is 4.67. The minimum Gasteiger partial charge on any atom is -0.398 e. The maximum Gasteiger partial charge on any atom is 0.189 e. The van der Waals surface area contributed by atoms with Crippen molar-refractivity contribution in [2.24, 2.45) is 0 Å². The van der Waals surface area contributed by atoms with Gasteiger partial charge in [-0.2, -0.15) is 4.68 Å². The fourth-order valence-corrected chi connectivity index (χ4v) is 2.35. The van der Waals surface area contributed by atoms with E-state index in [1.165, 1.54) is 5.56 Å². The molecule has 0 aliphatic heterocycles. The lowest BCUT2D eigenvalue weighted by Crippen LogP contribution is -2.02. The molecule has 1 aromatic heterocycles. The number of rotatable bonds is 3. The van der Waals surface area contributed by atoms with E-state index in [0.29, 0.717) is 16.5 Å². The molecule has 3 aromatic rings. The highest BCUT2D eigenvalue weighted by atomic mass is 35.5. The Morgan fingerprint density at radius 1 is 1.19 bits per heavy atom. The highest BCUT2D eigenvalue weighted by molar-refractivity contribution is 6.31. The van der Waals surface area contributed by atoms with Crippen molar-refractivity contribution in [3.05, 3.63) is 53.1 Å². The van der Waals surface area contributed by atoms with Crippen molar-refractivity contribution < 1.29 is 0 Å². The van der Waals surface area contributed by atoms with Crippen LogP contribution in [-0.2, 0) is 6.42 Å². The first-order valence-corrected chi connectivity index (χ1v) is 7.00. The van der Waals surface area contributed by atoms with Gasteiger partial charge in [-0.3, -0.25) is 0 Å². The van der Waals surface area contributed by atoms with E-state index >= 15 is 0 Å². The molecule has 0 spiro atoms. The Balaban J connectivity index is 2.12. The van der Waals surface area contributed by atoms with Crippen molar-refractivity contribution in [1.29, 1.82) is 0 Å². The molecule has 21 heavy (non-hydrogen) atoms. The van der Waals surface area contributed by atoms with Gasteiger partial charge < -0.3 is 5.73 Å². The van der Waals surface area contributed by atoms with Gasteiger partial charge in [-0.15, -0.1) is 5.10 Å². The van der Waals surface area contributed by atoms with Crippen LogP contribution in [0.2, 0.25) is 5.02 Å². The predicted molar refractivity (Wildman–Crippen MR) is 83.4 cm³/mol. The number of halogens is 1. The molecule has 5 nitrogen and oxygen atoms in total. The number of hydrogen-bond donors (Lipinski definition) is 1. The van der Waals surface area contributed by atoms with Gasteiger partial charge in [-0.1, -0.05) is 30.7 Å². The number of benzene rings is 2. The monoisotopic (exact) mass is 299 g/mol. The lowest BCUT2D eigenvalue weighted by atomic mass is 10.1. The number of hydrogen-bond acceptors (Lipinski definition) is 4. The second-order valence-corrected chi connectivity index (χ2v) is 5.11. The van der Waals surface area contributed by atoms with Gasteiger partial charge in [-0.05, 0) is 52.7 Å². The van der Waals surface area contributed by atoms with Crippen molar-refractivity contribution in [2.75, 3.05) is 5.73 Å². The van der Waals surface area contributed by atoms with E-state index in [2.05, 4.69) is 34.6 Å². The summed E-state index contributed by atoms with van der Waals surface area (Å²) >= 11 is 5.94. The van der Waals surface area contributed by atoms with Crippen LogP contribution in [0.25, 0.3) is 17.1 Å². The number of nitrogens with two attached hydrogens (primary N) is 1. The summed E-state index contributed by atoms with van der Waals surface area (Å²) in [6.07, 6.45) is 0.953. The molecule has 0 saturated heterocycles. The largest absolute Gasteiger partial charge is 0.398 e. The van der Waals surface area contributed by atoms with Crippen LogP contribution in [0, 0.1) is 0 Å². The molecular formula is C15H14ClN5. The zero-order chi connectivity index (χ0) is 14.8. The fourth-order valence-electron chi connectivity index (χ4n) is 2.17. The van der Waals surface area contributed by atoms with Gasteiger partial charge in [-0.25, -0.2) is 0 Å². The average molecular weight is 300 g/mol. The van der Waals surface area contributed by atoms with E-state index in [0.717, 1.165) is 17.7 Å². The van der Waals surface area contributed by atoms with E-state index in [9.17, 15) is 0 Å². The van der Waals surface area contributed by atoms with Gasteiger partial charge in [0.05, 0.1) is 5.69 Å². The third-order valence-corrected chi connectivity index (χ3v) is 3.52. The molecule has 2 aromatic carbocycles. The third-order valence-electron chi connectivity index (χ3n) is 3.29. The Morgan fingerprint density at radius 2 is 2.05 bits per heavy atom. The molecule has 0 atom stereocenters. The van der Waals surface area contributed by atoms with Gasteiger partial charge in [0.25, 0.3) is 0 Å². The summed E-state index contributed by atoms with van der Waals surface area (Å²) < 4.78 is 1.68. The van der Waals surface area contributed by atoms with E-state index < -0.39 is 0 Å². The molecule has 1 heterocycles. The third kappa shape index (κ3) is 2.60. The normalized spacial score (nSPS) is 10.8. The zero-order valence-corrected chi connectivity index (χ0v) is 12.2. The van der Waals surface area contributed by atoms with Crippen LogP contribution in [0.4, 0.5) is 5.69 Å². The Labute approximate surface area is 127 Å². The minimum absolute atomic E-state index is 0.546. The average Bonchev–Trinajstić information content (AvgIpc) is 2.96. The summed E-state index contributed by atoms with van der Waals surface area (Å²) in [6, 6.07) is 13.4. The van der Waals surface area contributed by atoms with E-state index in [1.807, 2.05) is 18.2 Å². The van der Waals surface area contributed by atoms with Crippen molar-refractivity contribution in [3.63, 3.8) is 0 Å². The van der Waals surface area contributed by atoms with Gasteiger partial charge in [0.15, 0.2) is 5.82 Å². The molecule has 2 N–H and O–H groups in total. The fraction of sp³-hybridized carbons (Fsp3) is 0.133. The zero-order valence-electron chi connectivity index (χ0n) is 11.5. The molecule has 3 rings (SSSR count). The van der Waals surface area contributed by atoms with E-state index in [1.54, 1.807) is 16.8 Å². The molecule has 0 amide bonds. The van der Waals surface area contributed by atoms with Crippen LogP contribution in [0.1, 0.15) is 12.5 Å². The van der Waals surface area contributed by atoms with Crippen molar-refractivity contribution in [3.8, 4) is 17.1 Å². The molecule has 0 bridgehead atoms. The summed E-state index contributed by atoms with van der Waals surface area (Å²) in [7, 11) is 0. The lowest BCUT2D eigenvalue weighted by molar-refractivity contribution is 0.790. The number of nitrogen functional groups attached to an aromatic ring is 1. The SMILES string of the molecule is CCc1cccc(-n2nnnc2-c2ccc(Cl)cc2N)c1. The molecule has 106 valence electrons. The minimum atomic E-state index is 0.546. The van der Waals surface area contributed by atoms with Crippen LogP contribution in [0.3, 0.4) is 0 Å². The van der Waals surface area contributed by atoms with Crippen LogP contribution in [-0.4, -0.2) is 20.2 Å². The topological polar surface area (TPSA) is 69.6 Å². The van der Waals surface area contributed by atoms with Gasteiger partial charge in [0.2, 0.25) is 0 Å². The molecule has 0 radical (unpaired) electrons. The highest BCUT2D eigenvalue weighted by Crippen LogP contribution is 2.28. The Hall–Kier alpha value is -2.40. The first-order valence-electron chi connectivity index (χ1n) is 6.62. The number of aryl methyl sites for hydroxylation is 1. The molecular weight excluding hydrogens is 286 g/mol. The number of tetrazole rings is 1. The van der Waals surface area contributed by atoms with Crippen molar-refractivity contribution in [1.82, 2.24) is 20.2 Å². The maximum atomic E-state index is 6.02.